The number of carbonyl (C=O) groups excluding carboxylic acids is 1. The van der Waals surface area contributed by atoms with Gasteiger partial charge in [-0.05, 0) is 62.5 Å². The van der Waals surface area contributed by atoms with Gasteiger partial charge in [0.2, 0.25) is 6.29 Å². The zero-order chi connectivity index (χ0) is 24.1. The largest absolute Gasteiger partial charge is 0.462 e. The lowest BCUT2D eigenvalue weighted by Crippen LogP contribution is -2.60. The van der Waals surface area contributed by atoms with Crippen LogP contribution in [0.25, 0.3) is 6.08 Å². The first kappa shape index (κ1) is 25.1. The van der Waals surface area contributed by atoms with Gasteiger partial charge in [-0.15, -0.1) is 0 Å². The summed E-state index contributed by atoms with van der Waals surface area (Å²) in [5, 5.41) is 39.1. The molecule has 0 aromatic heterocycles. The summed E-state index contributed by atoms with van der Waals surface area (Å²) < 4.78 is 16.5. The lowest BCUT2D eigenvalue weighted by Gasteiger charge is -2.44. The molecule has 1 aromatic carbocycles. The Hall–Kier alpha value is -2.01. The Bertz CT molecular complexity index is 827. The van der Waals surface area contributed by atoms with Gasteiger partial charge >= 0.3 is 5.97 Å². The molecule has 7 atom stereocenters. The first-order chi connectivity index (χ1) is 16.5. The standard InChI is InChI=1S/C25H35NO8/c27-14-20-22(29)23(30)24(31)25(34-20)33-18-9-6-16(7-10-18)8-11-21(28)32-15-17-4-3-13-26-12-2-1-5-19(17)26/h6-11,17,19-20,22-25,27,29-31H,1-5,12-15H2/t17-,19+,20+,22+,23-,24+,25+/m0/s1. The van der Waals surface area contributed by atoms with E-state index < -0.39 is 37.3 Å². The van der Waals surface area contributed by atoms with Gasteiger partial charge in [0, 0.05) is 18.0 Å². The molecule has 0 saturated carbocycles. The topological polar surface area (TPSA) is 129 Å². The highest BCUT2D eigenvalue weighted by Gasteiger charge is 2.44. The molecule has 3 aliphatic heterocycles. The van der Waals surface area contributed by atoms with Crippen LogP contribution in [0.5, 0.6) is 5.75 Å². The first-order valence-electron chi connectivity index (χ1n) is 12.1. The summed E-state index contributed by atoms with van der Waals surface area (Å²) in [6.07, 6.45) is 2.35. The van der Waals surface area contributed by atoms with Gasteiger partial charge < -0.3 is 34.6 Å². The molecule has 3 saturated heterocycles. The van der Waals surface area contributed by atoms with E-state index in [-0.39, 0.29) is 5.97 Å². The second kappa shape index (κ2) is 11.6. The Morgan fingerprint density at radius 2 is 1.79 bits per heavy atom. The number of rotatable bonds is 7. The van der Waals surface area contributed by atoms with Gasteiger partial charge in [-0.1, -0.05) is 18.6 Å². The Kier molecular flexibility index (Phi) is 8.57. The molecule has 1 aromatic rings. The van der Waals surface area contributed by atoms with Gasteiger partial charge in [-0.2, -0.15) is 0 Å². The van der Waals surface area contributed by atoms with Crippen molar-refractivity contribution in [1.82, 2.24) is 4.90 Å². The maximum Gasteiger partial charge on any atom is 0.330 e. The Morgan fingerprint density at radius 1 is 1.03 bits per heavy atom. The molecule has 0 bridgehead atoms. The van der Waals surface area contributed by atoms with Gasteiger partial charge in [0.1, 0.15) is 30.2 Å². The van der Waals surface area contributed by atoms with Crippen molar-refractivity contribution in [2.75, 3.05) is 26.3 Å². The predicted molar refractivity (Wildman–Crippen MR) is 123 cm³/mol. The molecule has 4 N–H and O–H groups in total. The molecule has 188 valence electrons. The minimum atomic E-state index is -1.50. The smallest absolute Gasteiger partial charge is 0.330 e. The van der Waals surface area contributed by atoms with Crippen LogP contribution in [0.4, 0.5) is 0 Å². The maximum atomic E-state index is 12.2. The molecule has 0 radical (unpaired) electrons. The maximum absolute atomic E-state index is 12.2. The molecule has 3 heterocycles. The van der Waals surface area contributed by atoms with E-state index in [1.165, 1.54) is 25.3 Å². The quantitative estimate of drug-likeness (QED) is 0.331. The molecule has 3 aliphatic rings. The summed E-state index contributed by atoms with van der Waals surface area (Å²) in [4.78, 5) is 14.8. The zero-order valence-electron chi connectivity index (χ0n) is 19.2. The number of carbonyl (C=O) groups is 1. The van der Waals surface area contributed by atoms with E-state index in [9.17, 15) is 25.2 Å². The van der Waals surface area contributed by atoms with Crippen LogP contribution in [0.3, 0.4) is 0 Å². The molecule has 9 nitrogen and oxygen atoms in total. The lowest BCUT2D eigenvalue weighted by molar-refractivity contribution is -0.277. The predicted octanol–water partition coefficient (Wildman–Crippen LogP) is 0.686. The van der Waals surface area contributed by atoms with Crippen molar-refractivity contribution >= 4 is 12.0 Å². The van der Waals surface area contributed by atoms with E-state index in [0.29, 0.717) is 24.3 Å². The Labute approximate surface area is 199 Å². The van der Waals surface area contributed by atoms with Crippen LogP contribution >= 0.6 is 0 Å². The van der Waals surface area contributed by atoms with E-state index in [4.69, 9.17) is 14.2 Å². The summed E-state index contributed by atoms with van der Waals surface area (Å²) in [5.74, 6) is 0.401. The normalized spacial score (nSPS) is 34.5. The second-order valence-corrected chi connectivity index (χ2v) is 9.35. The van der Waals surface area contributed by atoms with Crippen LogP contribution < -0.4 is 4.74 Å². The van der Waals surface area contributed by atoms with E-state index in [0.717, 1.165) is 31.5 Å². The number of nitrogens with zero attached hydrogens (tertiary/aromatic N) is 1. The van der Waals surface area contributed by atoms with Crippen LogP contribution in [-0.2, 0) is 14.3 Å². The highest BCUT2D eigenvalue weighted by Crippen LogP contribution is 2.31. The number of fused-ring (bicyclic) bond motifs is 1. The van der Waals surface area contributed by atoms with Crippen molar-refractivity contribution in [1.29, 1.82) is 0 Å². The van der Waals surface area contributed by atoms with Gasteiger partial charge in [-0.3, -0.25) is 4.90 Å². The van der Waals surface area contributed by atoms with Crippen molar-refractivity contribution < 1.29 is 39.4 Å². The number of aliphatic hydroxyl groups excluding tert-OH is 4. The molecule has 0 unspecified atom stereocenters. The number of esters is 1. The number of hydrogen-bond acceptors (Lipinski definition) is 9. The highest BCUT2D eigenvalue weighted by atomic mass is 16.7. The Balaban J connectivity index is 1.26. The van der Waals surface area contributed by atoms with E-state index >= 15 is 0 Å². The van der Waals surface area contributed by atoms with Crippen molar-refractivity contribution in [3.8, 4) is 5.75 Å². The number of benzene rings is 1. The van der Waals surface area contributed by atoms with Gasteiger partial charge in [-0.25, -0.2) is 4.79 Å². The van der Waals surface area contributed by atoms with Crippen molar-refractivity contribution in [2.45, 2.75) is 68.9 Å². The van der Waals surface area contributed by atoms with Crippen molar-refractivity contribution in [3.05, 3.63) is 35.9 Å². The monoisotopic (exact) mass is 477 g/mol. The number of hydrogen-bond donors (Lipinski definition) is 4. The van der Waals surface area contributed by atoms with Gasteiger partial charge in [0.15, 0.2) is 0 Å². The first-order valence-corrected chi connectivity index (χ1v) is 12.1. The van der Waals surface area contributed by atoms with E-state index in [2.05, 4.69) is 4.90 Å². The summed E-state index contributed by atoms with van der Waals surface area (Å²) in [7, 11) is 0. The van der Waals surface area contributed by atoms with Crippen molar-refractivity contribution in [2.24, 2.45) is 5.92 Å². The van der Waals surface area contributed by atoms with E-state index in [1.807, 2.05) is 0 Å². The molecule has 0 spiro atoms. The summed E-state index contributed by atoms with van der Waals surface area (Å²) in [5.41, 5.74) is 0.759. The number of aliphatic hydroxyl groups is 4. The molecule has 9 heteroatoms. The number of ether oxygens (including phenoxy) is 3. The highest BCUT2D eigenvalue weighted by molar-refractivity contribution is 5.87. The zero-order valence-corrected chi connectivity index (χ0v) is 19.2. The van der Waals surface area contributed by atoms with Gasteiger partial charge in [0.25, 0.3) is 0 Å². The fourth-order valence-corrected chi connectivity index (χ4v) is 5.13. The molecule has 0 aliphatic carbocycles. The number of piperidine rings is 2. The third-order valence-electron chi connectivity index (χ3n) is 7.06. The molecule has 4 rings (SSSR count). The van der Waals surface area contributed by atoms with Crippen LogP contribution in [0.2, 0.25) is 0 Å². The lowest BCUT2D eigenvalue weighted by atomic mass is 9.84. The summed E-state index contributed by atoms with van der Waals surface area (Å²) >= 11 is 0. The van der Waals surface area contributed by atoms with Crippen LogP contribution in [0, 0.1) is 5.92 Å². The fraction of sp³-hybridized carbons (Fsp3) is 0.640. The molecule has 34 heavy (non-hydrogen) atoms. The van der Waals surface area contributed by atoms with Crippen LogP contribution in [0.1, 0.15) is 37.7 Å². The fourth-order valence-electron chi connectivity index (χ4n) is 5.13. The average Bonchev–Trinajstić information content (AvgIpc) is 2.87. The third-order valence-corrected chi connectivity index (χ3v) is 7.06. The SMILES string of the molecule is O=C(C=Cc1ccc(O[C@@H]2O[C@H](CO)[C@@H](O)[C@H](O)[C@H]2O)cc1)OC[C@@H]1CCCN2CCCC[C@H]12. The van der Waals surface area contributed by atoms with Crippen LogP contribution in [0.15, 0.2) is 30.3 Å². The average molecular weight is 478 g/mol. The molecular weight excluding hydrogens is 442 g/mol. The summed E-state index contributed by atoms with van der Waals surface area (Å²) in [6, 6.07) is 7.25. The van der Waals surface area contributed by atoms with Crippen LogP contribution in [-0.4, -0.2) is 94.3 Å². The Morgan fingerprint density at radius 3 is 2.56 bits per heavy atom. The third kappa shape index (κ3) is 5.97. The minimum Gasteiger partial charge on any atom is -0.462 e. The minimum absolute atomic E-state index is 0.360. The molecule has 3 fully saturated rings. The molecule has 0 amide bonds. The molecular formula is C25H35NO8. The van der Waals surface area contributed by atoms with Crippen molar-refractivity contribution in [3.63, 3.8) is 0 Å². The van der Waals surface area contributed by atoms with Gasteiger partial charge in [0.05, 0.1) is 13.2 Å². The second-order valence-electron chi connectivity index (χ2n) is 9.35. The summed E-state index contributed by atoms with van der Waals surface area (Å²) in [6.45, 7) is 2.25. The van der Waals surface area contributed by atoms with E-state index in [1.54, 1.807) is 30.3 Å².